The molecule has 0 amide bonds. The standard InChI is InChI=1S/C13H25OS/c1-2-3-4-5-6-9-12-15-13-10-7-8-11-14/h2-10,12-13H2,1H3. The molecule has 0 bridgehead atoms. The van der Waals surface area contributed by atoms with Crippen LogP contribution in [0, 0.1) is 0 Å². The van der Waals surface area contributed by atoms with Gasteiger partial charge in [-0.05, 0) is 30.8 Å². The van der Waals surface area contributed by atoms with Gasteiger partial charge in [-0.1, -0.05) is 39.0 Å². The molecule has 2 heteroatoms. The van der Waals surface area contributed by atoms with Crippen molar-refractivity contribution in [2.24, 2.45) is 0 Å². The summed E-state index contributed by atoms with van der Waals surface area (Å²) >= 11 is 2.04. The summed E-state index contributed by atoms with van der Waals surface area (Å²) in [4.78, 5) is 9.93. The molecule has 0 N–H and O–H groups in total. The first-order valence-corrected chi connectivity index (χ1v) is 7.50. The molecule has 0 aliphatic carbocycles. The van der Waals surface area contributed by atoms with Crippen LogP contribution in [0.15, 0.2) is 0 Å². The van der Waals surface area contributed by atoms with Crippen molar-refractivity contribution < 1.29 is 4.79 Å². The molecule has 0 rings (SSSR count). The first-order chi connectivity index (χ1) is 7.41. The van der Waals surface area contributed by atoms with Crippen LogP contribution < -0.4 is 0 Å². The van der Waals surface area contributed by atoms with Gasteiger partial charge in [-0.3, -0.25) is 4.79 Å². The smallest absolute Gasteiger partial charge is 0.198 e. The van der Waals surface area contributed by atoms with Gasteiger partial charge < -0.3 is 0 Å². The van der Waals surface area contributed by atoms with Crippen LogP contribution in [0.4, 0.5) is 0 Å². The summed E-state index contributed by atoms with van der Waals surface area (Å²) in [6.45, 7) is 2.26. The third-order valence-electron chi connectivity index (χ3n) is 2.46. The fraction of sp³-hybridized carbons (Fsp3) is 0.923. The average Bonchev–Trinajstić information content (AvgIpc) is 2.26. The highest BCUT2D eigenvalue weighted by molar-refractivity contribution is 7.99. The number of thioether (sulfide) groups is 1. The predicted molar refractivity (Wildman–Crippen MR) is 70.2 cm³/mol. The Labute approximate surface area is 99.4 Å². The number of carbonyl (C=O) groups excluding carboxylic acids is 1. The Bertz CT molecular complexity index is 126. The molecule has 1 nitrogen and oxygen atoms in total. The minimum atomic E-state index is 0.623. The maximum atomic E-state index is 9.93. The fourth-order valence-corrected chi connectivity index (χ4v) is 2.51. The van der Waals surface area contributed by atoms with Crippen LogP contribution in [0.2, 0.25) is 0 Å². The van der Waals surface area contributed by atoms with Crippen LogP contribution in [-0.2, 0) is 4.79 Å². The quantitative estimate of drug-likeness (QED) is 0.462. The Morgan fingerprint density at radius 3 is 2.13 bits per heavy atom. The summed E-state index contributed by atoms with van der Waals surface area (Å²) in [5.74, 6) is 2.52. The van der Waals surface area contributed by atoms with Crippen molar-refractivity contribution >= 4 is 18.0 Å². The maximum absolute atomic E-state index is 9.93. The highest BCUT2D eigenvalue weighted by Crippen LogP contribution is 2.11. The molecule has 0 spiro atoms. The van der Waals surface area contributed by atoms with Gasteiger partial charge in [0.1, 0.15) is 0 Å². The number of hydrogen-bond acceptors (Lipinski definition) is 2. The highest BCUT2D eigenvalue weighted by atomic mass is 32.2. The van der Waals surface area contributed by atoms with Crippen molar-refractivity contribution in [2.45, 2.75) is 64.7 Å². The van der Waals surface area contributed by atoms with Gasteiger partial charge in [0.05, 0.1) is 0 Å². The molecule has 0 fully saturated rings. The van der Waals surface area contributed by atoms with E-state index in [1.54, 1.807) is 0 Å². The molecule has 0 aromatic heterocycles. The topological polar surface area (TPSA) is 17.1 Å². The fourth-order valence-electron chi connectivity index (χ4n) is 1.49. The number of unbranched alkanes of at least 4 members (excludes halogenated alkanes) is 7. The van der Waals surface area contributed by atoms with Crippen molar-refractivity contribution in [3.05, 3.63) is 0 Å². The summed E-state index contributed by atoms with van der Waals surface area (Å²) in [5, 5.41) is 0. The monoisotopic (exact) mass is 229 g/mol. The highest BCUT2D eigenvalue weighted by Gasteiger charge is 1.92. The molecule has 0 atom stereocenters. The van der Waals surface area contributed by atoms with Crippen LogP contribution in [0.1, 0.15) is 64.7 Å². The average molecular weight is 229 g/mol. The Balaban J connectivity index is 2.83. The molecular weight excluding hydrogens is 204 g/mol. The van der Waals surface area contributed by atoms with E-state index in [1.165, 1.54) is 56.5 Å². The van der Waals surface area contributed by atoms with Crippen molar-refractivity contribution in [3.8, 4) is 0 Å². The SMILES string of the molecule is CCCCCCCCSCCCC[C]=O. The number of rotatable bonds is 12. The summed E-state index contributed by atoms with van der Waals surface area (Å²) in [5.41, 5.74) is 0. The second kappa shape index (κ2) is 14.0. The summed E-state index contributed by atoms with van der Waals surface area (Å²) in [6.07, 6.45) is 13.1. The molecule has 1 radical (unpaired) electrons. The second-order valence-corrected chi connectivity index (χ2v) is 5.21. The van der Waals surface area contributed by atoms with Gasteiger partial charge in [0.2, 0.25) is 0 Å². The molecule has 0 aliphatic rings. The number of hydrogen-bond donors (Lipinski definition) is 0. The lowest BCUT2D eigenvalue weighted by molar-refractivity contribution is 0.548. The van der Waals surface area contributed by atoms with Gasteiger partial charge in [0.15, 0.2) is 6.29 Å². The third-order valence-corrected chi connectivity index (χ3v) is 3.61. The summed E-state index contributed by atoms with van der Waals surface area (Å²) < 4.78 is 0. The van der Waals surface area contributed by atoms with Crippen LogP contribution in [-0.4, -0.2) is 17.8 Å². The molecule has 0 heterocycles. The Morgan fingerprint density at radius 2 is 1.47 bits per heavy atom. The van der Waals surface area contributed by atoms with Gasteiger partial charge in [-0.25, -0.2) is 0 Å². The van der Waals surface area contributed by atoms with Crippen molar-refractivity contribution in [1.29, 1.82) is 0 Å². The first-order valence-electron chi connectivity index (χ1n) is 6.34. The largest absolute Gasteiger partial charge is 0.291 e. The Hall–Kier alpha value is 0.0200. The van der Waals surface area contributed by atoms with E-state index in [0.29, 0.717) is 6.42 Å². The molecule has 0 saturated carbocycles. The van der Waals surface area contributed by atoms with Gasteiger partial charge >= 0.3 is 0 Å². The zero-order valence-electron chi connectivity index (χ0n) is 10.1. The molecule has 15 heavy (non-hydrogen) atoms. The summed E-state index contributed by atoms with van der Waals surface area (Å²) in [6, 6.07) is 0. The molecule has 0 aromatic carbocycles. The zero-order valence-corrected chi connectivity index (χ0v) is 10.9. The lowest BCUT2D eigenvalue weighted by Gasteiger charge is -2.01. The second-order valence-electron chi connectivity index (χ2n) is 3.98. The first kappa shape index (κ1) is 15.0. The van der Waals surface area contributed by atoms with E-state index in [1.807, 2.05) is 18.0 Å². The molecule has 0 aromatic rings. The maximum Gasteiger partial charge on any atom is 0.198 e. The van der Waals surface area contributed by atoms with Crippen LogP contribution in [0.25, 0.3) is 0 Å². The van der Waals surface area contributed by atoms with Crippen molar-refractivity contribution in [1.82, 2.24) is 0 Å². The minimum absolute atomic E-state index is 0.623. The molecule has 0 saturated heterocycles. The minimum Gasteiger partial charge on any atom is -0.291 e. The van der Waals surface area contributed by atoms with E-state index in [-0.39, 0.29) is 0 Å². The van der Waals surface area contributed by atoms with Crippen LogP contribution in [0.3, 0.4) is 0 Å². The van der Waals surface area contributed by atoms with E-state index in [9.17, 15) is 4.79 Å². The van der Waals surface area contributed by atoms with Crippen molar-refractivity contribution in [3.63, 3.8) is 0 Å². The van der Waals surface area contributed by atoms with E-state index in [2.05, 4.69) is 6.92 Å². The van der Waals surface area contributed by atoms with E-state index in [0.717, 1.165) is 6.42 Å². The van der Waals surface area contributed by atoms with E-state index >= 15 is 0 Å². The van der Waals surface area contributed by atoms with Gasteiger partial charge in [0, 0.05) is 6.42 Å². The molecule has 0 unspecified atom stereocenters. The molecular formula is C13H25OS. The third kappa shape index (κ3) is 14.0. The van der Waals surface area contributed by atoms with Crippen LogP contribution >= 0.6 is 11.8 Å². The van der Waals surface area contributed by atoms with Crippen LogP contribution in [0.5, 0.6) is 0 Å². The summed E-state index contributed by atoms with van der Waals surface area (Å²) in [7, 11) is 0. The Kier molecular flexibility index (Phi) is 14.0. The van der Waals surface area contributed by atoms with Gasteiger partial charge in [-0.2, -0.15) is 11.8 Å². The van der Waals surface area contributed by atoms with E-state index in [4.69, 9.17) is 0 Å². The van der Waals surface area contributed by atoms with E-state index < -0.39 is 0 Å². The van der Waals surface area contributed by atoms with Crippen molar-refractivity contribution in [2.75, 3.05) is 11.5 Å². The Morgan fingerprint density at radius 1 is 0.867 bits per heavy atom. The lowest BCUT2D eigenvalue weighted by atomic mass is 10.1. The lowest BCUT2D eigenvalue weighted by Crippen LogP contribution is -1.86. The normalized spacial score (nSPS) is 10.5. The zero-order chi connectivity index (χ0) is 11.2. The predicted octanol–water partition coefficient (Wildman–Crippen LogP) is 4.36. The molecule has 0 aliphatic heterocycles. The van der Waals surface area contributed by atoms with Gasteiger partial charge in [-0.15, -0.1) is 0 Å². The molecule has 89 valence electrons. The van der Waals surface area contributed by atoms with Gasteiger partial charge in [0.25, 0.3) is 0 Å².